The minimum atomic E-state index is -0.0329. The molecule has 0 unspecified atom stereocenters. The van der Waals surface area contributed by atoms with Crippen molar-refractivity contribution in [1.82, 2.24) is 15.6 Å². The summed E-state index contributed by atoms with van der Waals surface area (Å²) in [7, 11) is 0. The fourth-order valence-electron chi connectivity index (χ4n) is 2.24. The first kappa shape index (κ1) is 14.8. The van der Waals surface area contributed by atoms with Crippen molar-refractivity contribution >= 4 is 11.7 Å². The number of carbonyl (C=O) groups excluding carboxylic acids is 1. The summed E-state index contributed by atoms with van der Waals surface area (Å²) in [5.41, 5.74) is 0.633. The molecule has 1 aliphatic heterocycles. The highest BCUT2D eigenvalue weighted by atomic mass is 16.1. The number of hydrogen-bond donors (Lipinski definition) is 2. The molecule has 0 bridgehead atoms. The van der Waals surface area contributed by atoms with Crippen molar-refractivity contribution < 1.29 is 4.79 Å². The lowest BCUT2D eigenvalue weighted by Crippen LogP contribution is -2.48. The monoisotopic (exact) mass is 276 g/mol. The summed E-state index contributed by atoms with van der Waals surface area (Å²) in [6.07, 6.45) is 2.76. The Morgan fingerprint density at radius 1 is 1.45 bits per heavy atom. The van der Waals surface area contributed by atoms with Crippen LogP contribution in [0.1, 0.15) is 30.6 Å². The molecule has 0 radical (unpaired) electrons. The molecule has 2 rings (SSSR count). The molecule has 0 saturated carbocycles. The molecule has 1 aromatic heterocycles. The van der Waals surface area contributed by atoms with Crippen LogP contribution >= 0.6 is 0 Å². The van der Waals surface area contributed by atoms with E-state index in [9.17, 15) is 4.79 Å². The van der Waals surface area contributed by atoms with E-state index in [0.29, 0.717) is 11.5 Å². The second kappa shape index (κ2) is 7.24. The van der Waals surface area contributed by atoms with E-state index in [1.807, 2.05) is 12.1 Å². The Labute approximate surface area is 120 Å². The van der Waals surface area contributed by atoms with Crippen LogP contribution in [0.25, 0.3) is 0 Å². The van der Waals surface area contributed by atoms with Crippen LogP contribution in [-0.2, 0) is 0 Å². The van der Waals surface area contributed by atoms with Crippen LogP contribution in [0.4, 0.5) is 5.82 Å². The number of pyridine rings is 1. The summed E-state index contributed by atoms with van der Waals surface area (Å²) in [6, 6.07) is 3.79. The van der Waals surface area contributed by atoms with Crippen molar-refractivity contribution in [3.63, 3.8) is 0 Å². The van der Waals surface area contributed by atoms with Gasteiger partial charge in [0.1, 0.15) is 5.82 Å². The smallest absolute Gasteiger partial charge is 0.252 e. The van der Waals surface area contributed by atoms with Crippen LogP contribution in [-0.4, -0.2) is 43.6 Å². The number of amides is 1. The van der Waals surface area contributed by atoms with Crippen molar-refractivity contribution in [2.75, 3.05) is 37.6 Å². The molecule has 0 aromatic carbocycles. The highest BCUT2D eigenvalue weighted by molar-refractivity contribution is 5.94. The van der Waals surface area contributed by atoms with E-state index in [1.54, 1.807) is 6.20 Å². The van der Waals surface area contributed by atoms with Crippen molar-refractivity contribution in [3.8, 4) is 0 Å². The average molecular weight is 276 g/mol. The quantitative estimate of drug-likeness (QED) is 0.787. The highest BCUT2D eigenvalue weighted by Crippen LogP contribution is 2.11. The Kier molecular flexibility index (Phi) is 5.35. The maximum absolute atomic E-state index is 12.0. The van der Waals surface area contributed by atoms with Gasteiger partial charge in [0.2, 0.25) is 0 Å². The highest BCUT2D eigenvalue weighted by Gasteiger charge is 2.17. The minimum absolute atomic E-state index is 0.0329. The lowest BCUT2D eigenvalue weighted by molar-refractivity contribution is 0.0942. The molecule has 1 amide bonds. The first-order valence-corrected chi connectivity index (χ1v) is 7.44. The fraction of sp³-hybridized carbons (Fsp3) is 0.600. The van der Waals surface area contributed by atoms with E-state index in [4.69, 9.17) is 0 Å². The van der Waals surface area contributed by atoms with Crippen LogP contribution in [0.3, 0.4) is 0 Å². The topological polar surface area (TPSA) is 57.3 Å². The zero-order valence-corrected chi connectivity index (χ0v) is 12.4. The normalized spacial score (nSPS) is 14.7. The third-order valence-electron chi connectivity index (χ3n) is 3.63. The van der Waals surface area contributed by atoms with Crippen molar-refractivity contribution in [1.29, 1.82) is 0 Å². The maximum Gasteiger partial charge on any atom is 0.252 e. The van der Waals surface area contributed by atoms with Gasteiger partial charge in [-0.3, -0.25) is 4.79 Å². The molecule has 2 heterocycles. The number of carbonyl (C=O) groups is 1. The van der Waals surface area contributed by atoms with E-state index < -0.39 is 0 Å². The molecule has 5 nitrogen and oxygen atoms in total. The maximum atomic E-state index is 12.0. The Bertz CT molecular complexity index is 428. The number of aromatic nitrogens is 1. The van der Waals surface area contributed by atoms with Gasteiger partial charge in [0, 0.05) is 44.8 Å². The number of anilines is 1. The van der Waals surface area contributed by atoms with Crippen molar-refractivity contribution in [3.05, 3.63) is 23.9 Å². The third-order valence-corrected chi connectivity index (χ3v) is 3.63. The second-order valence-electron chi connectivity index (χ2n) is 5.22. The van der Waals surface area contributed by atoms with E-state index in [-0.39, 0.29) is 5.91 Å². The van der Waals surface area contributed by atoms with Gasteiger partial charge in [0.25, 0.3) is 5.91 Å². The summed E-state index contributed by atoms with van der Waals surface area (Å²) in [6.45, 7) is 8.93. The lowest BCUT2D eigenvalue weighted by Gasteiger charge is -2.27. The van der Waals surface area contributed by atoms with Gasteiger partial charge in [-0.1, -0.05) is 6.92 Å². The predicted molar refractivity (Wildman–Crippen MR) is 81.1 cm³/mol. The van der Waals surface area contributed by atoms with Crippen LogP contribution in [0, 0.1) is 5.92 Å². The SMILES string of the molecule is CCCN(CC)c1ccc(C(=O)NCC2CNC2)cn1. The first-order chi connectivity index (χ1) is 9.74. The third kappa shape index (κ3) is 3.70. The molecule has 0 atom stereocenters. The number of hydrogen-bond acceptors (Lipinski definition) is 4. The van der Waals surface area contributed by atoms with E-state index in [0.717, 1.165) is 45.0 Å². The van der Waals surface area contributed by atoms with E-state index in [2.05, 4.69) is 34.4 Å². The number of nitrogens with one attached hydrogen (secondary N) is 2. The molecule has 110 valence electrons. The van der Waals surface area contributed by atoms with Gasteiger partial charge >= 0.3 is 0 Å². The molecule has 20 heavy (non-hydrogen) atoms. The molecule has 0 spiro atoms. The Balaban J connectivity index is 1.90. The molecule has 1 fully saturated rings. The lowest BCUT2D eigenvalue weighted by atomic mass is 10.0. The summed E-state index contributed by atoms with van der Waals surface area (Å²) < 4.78 is 0. The van der Waals surface area contributed by atoms with Gasteiger partial charge < -0.3 is 15.5 Å². The van der Waals surface area contributed by atoms with Crippen LogP contribution < -0.4 is 15.5 Å². The zero-order valence-electron chi connectivity index (χ0n) is 12.4. The van der Waals surface area contributed by atoms with Gasteiger partial charge in [-0.05, 0) is 25.5 Å². The zero-order chi connectivity index (χ0) is 14.4. The molecule has 1 aromatic rings. The van der Waals surface area contributed by atoms with Gasteiger partial charge in [0.05, 0.1) is 5.56 Å². The summed E-state index contributed by atoms with van der Waals surface area (Å²) in [5, 5.41) is 6.15. The van der Waals surface area contributed by atoms with Gasteiger partial charge in [-0.25, -0.2) is 4.98 Å². The van der Waals surface area contributed by atoms with E-state index >= 15 is 0 Å². The minimum Gasteiger partial charge on any atom is -0.357 e. The number of rotatable bonds is 7. The molecule has 5 heteroatoms. The van der Waals surface area contributed by atoms with Gasteiger partial charge in [0.15, 0.2) is 0 Å². The Hall–Kier alpha value is -1.62. The van der Waals surface area contributed by atoms with Gasteiger partial charge in [-0.15, -0.1) is 0 Å². The van der Waals surface area contributed by atoms with Gasteiger partial charge in [-0.2, -0.15) is 0 Å². The van der Waals surface area contributed by atoms with Crippen LogP contribution in [0.15, 0.2) is 18.3 Å². The fourth-order valence-corrected chi connectivity index (χ4v) is 2.24. The second-order valence-corrected chi connectivity index (χ2v) is 5.22. The summed E-state index contributed by atoms with van der Waals surface area (Å²) >= 11 is 0. The largest absolute Gasteiger partial charge is 0.357 e. The predicted octanol–water partition coefficient (Wildman–Crippen LogP) is 1.27. The van der Waals surface area contributed by atoms with Crippen molar-refractivity contribution in [2.24, 2.45) is 5.92 Å². The molecule has 0 aliphatic carbocycles. The van der Waals surface area contributed by atoms with Crippen molar-refractivity contribution in [2.45, 2.75) is 20.3 Å². The van der Waals surface area contributed by atoms with Crippen LogP contribution in [0.2, 0.25) is 0 Å². The average Bonchev–Trinajstić information content (AvgIpc) is 2.43. The standard InChI is InChI=1S/C15H24N4O/c1-3-7-19(4-2)14-6-5-13(11-17-14)15(20)18-10-12-8-16-9-12/h5-6,11-12,16H,3-4,7-10H2,1-2H3,(H,18,20). The molecule has 2 N–H and O–H groups in total. The molecular formula is C15H24N4O. The first-order valence-electron chi connectivity index (χ1n) is 7.44. The summed E-state index contributed by atoms with van der Waals surface area (Å²) in [5.74, 6) is 1.48. The molecule has 1 aliphatic rings. The number of nitrogens with zero attached hydrogens (tertiary/aromatic N) is 2. The Morgan fingerprint density at radius 2 is 2.25 bits per heavy atom. The summed E-state index contributed by atoms with van der Waals surface area (Å²) in [4.78, 5) is 18.6. The molecule has 1 saturated heterocycles. The molecular weight excluding hydrogens is 252 g/mol. The van der Waals surface area contributed by atoms with E-state index in [1.165, 1.54) is 0 Å². The Morgan fingerprint density at radius 3 is 2.75 bits per heavy atom. The van der Waals surface area contributed by atoms with Crippen LogP contribution in [0.5, 0.6) is 0 Å².